The molecule has 0 aromatic carbocycles. The quantitative estimate of drug-likeness (QED) is 0.654. The van der Waals surface area contributed by atoms with Gasteiger partial charge in [0.1, 0.15) is 0 Å². The molecule has 12 heavy (non-hydrogen) atoms. The SMILES string of the molecule is COC(=O)C(O)Cc1csnn1. The van der Waals surface area contributed by atoms with Gasteiger partial charge >= 0.3 is 5.97 Å². The first-order valence-corrected chi connectivity index (χ1v) is 4.09. The number of carbonyl (C=O) groups excluding carboxylic acids is 1. The van der Waals surface area contributed by atoms with Gasteiger partial charge in [0.05, 0.1) is 12.8 Å². The van der Waals surface area contributed by atoms with Gasteiger partial charge in [0, 0.05) is 11.8 Å². The third-order valence-electron chi connectivity index (χ3n) is 1.28. The molecule has 0 spiro atoms. The number of hydrogen-bond acceptors (Lipinski definition) is 6. The van der Waals surface area contributed by atoms with Crippen LogP contribution >= 0.6 is 11.5 Å². The fourth-order valence-electron chi connectivity index (χ4n) is 0.690. The predicted molar refractivity (Wildman–Crippen MR) is 41.6 cm³/mol. The standard InChI is InChI=1S/C6H8N2O3S/c1-11-6(10)5(9)2-4-3-12-8-7-4/h3,5,9H,2H2,1H3. The average molecular weight is 188 g/mol. The molecule has 0 fully saturated rings. The van der Waals surface area contributed by atoms with Crippen LogP contribution in [0.25, 0.3) is 0 Å². The van der Waals surface area contributed by atoms with Gasteiger partial charge < -0.3 is 9.84 Å². The third kappa shape index (κ3) is 2.24. The Hall–Kier alpha value is -1.01. The van der Waals surface area contributed by atoms with Gasteiger partial charge in [-0.2, -0.15) is 0 Å². The second kappa shape index (κ2) is 4.13. The summed E-state index contributed by atoms with van der Waals surface area (Å²) in [6, 6.07) is 0. The molecule has 5 nitrogen and oxygen atoms in total. The van der Waals surface area contributed by atoms with Crippen molar-refractivity contribution < 1.29 is 14.6 Å². The Kier molecular flexibility index (Phi) is 3.12. The van der Waals surface area contributed by atoms with E-state index in [2.05, 4.69) is 14.3 Å². The van der Waals surface area contributed by atoms with E-state index in [9.17, 15) is 4.79 Å². The molecule has 1 unspecified atom stereocenters. The monoisotopic (exact) mass is 188 g/mol. The van der Waals surface area contributed by atoms with Crippen LogP contribution in [0.15, 0.2) is 5.38 Å². The van der Waals surface area contributed by atoms with Crippen molar-refractivity contribution in [2.45, 2.75) is 12.5 Å². The van der Waals surface area contributed by atoms with Crippen molar-refractivity contribution >= 4 is 17.5 Å². The Morgan fingerprint density at radius 3 is 3.17 bits per heavy atom. The number of ether oxygens (including phenoxy) is 1. The van der Waals surface area contributed by atoms with Crippen LogP contribution in [0.1, 0.15) is 5.69 Å². The number of nitrogens with zero attached hydrogens (tertiary/aromatic N) is 2. The second-order valence-corrected chi connectivity index (χ2v) is 2.75. The molecule has 1 atom stereocenters. The van der Waals surface area contributed by atoms with Crippen molar-refractivity contribution in [3.05, 3.63) is 11.1 Å². The van der Waals surface area contributed by atoms with E-state index in [1.165, 1.54) is 18.6 Å². The molecule has 1 aromatic heterocycles. The topological polar surface area (TPSA) is 72.3 Å². The first-order valence-electron chi connectivity index (χ1n) is 3.26. The Morgan fingerprint density at radius 2 is 2.67 bits per heavy atom. The predicted octanol–water partition coefficient (Wildman–Crippen LogP) is -0.386. The Morgan fingerprint density at radius 1 is 1.92 bits per heavy atom. The third-order valence-corrected chi connectivity index (χ3v) is 1.83. The summed E-state index contributed by atoms with van der Waals surface area (Å²) in [5, 5.41) is 14.5. The summed E-state index contributed by atoms with van der Waals surface area (Å²) >= 11 is 1.18. The summed E-state index contributed by atoms with van der Waals surface area (Å²) in [6.07, 6.45) is -0.984. The van der Waals surface area contributed by atoms with E-state index in [-0.39, 0.29) is 6.42 Å². The molecule has 0 radical (unpaired) electrons. The zero-order valence-corrected chi connectivity index (χ0v) is 7.24. The Bertz CT molecular complexity index is 249. The summed E-state index contributed by atoms with van der Waals surface area (Å²) in [4.78, 5) is 10.7. The minimum absolute atomic E-state index is 0.156. The van der Waals surface area contributed by atoms with Gasteiger partial charge in [0.2, 0.25) is 0 Å². The highest BCUT2D eigenvalue weighted by atomic mass is 32.1. The molecule has 1 aromatic rings. The number of esters is 1. The van der Waals surface area contributed by atoms with Crippen molar-refractivity contribution in [3.8, 4) is 0 Å². The van der Waals surface area contributed by atoms with Gasteiger partial charge in [-0.3, -0.25) is 0 Å². The van der Waals surface area contributed by atoms with Crippen molar-refractivity contribution in [2.24, 2.45) is 0 Å². The zero-order valence-electron chi connectivity index (χ0n) is 6.43. The first-order chi connectivity index (χ1) is 5.74. The van der Waals surface area contributed by atoms with Crippen molar-refractivity contribution in [2.75, 3.05) is 7.11 Å². The van der Waals surface area contributed by atoms with E-state index < -0.39 is 12.1 Å². The maximum absolute atomic E-state index is 10.7. The Balaban J connectivity index is 2.47. The van der Waals surface area contributed by atoms with E-state index in [4.69, 9.17) is 5.11 Å². The summed E-state index contributed by atoms with van der Waals surface area (Å²) in [6.45, 7) is 0. The molecule has 0 aliphatic rings. The molecule has 0 aliphatic heterocycles. The highest BCUT2D eigenvalue weighted by molar-refractivity contribution is 7.03. The smallest absolute Gasteiger partial charge is 0.335 e. The van der Waals surface area contributed by atoms with Crippen LogP contribution in [0.4, 0.5) is 0 Å². The first kappa shape index (κ1) is 9.08. The summed E-state index contributed by atoms with van der Waals surface area (Å²) in [5.74, 6) is -0.650. The van der Waals surface area contributed by atoms with Crippen molar-refractivity contribution in [1.82, 2.24) is 9.59 Å². The lowest BCUT2D eigenvalue weighted by Crippen LogP contribution is -2.24. The molecule has 0 amide bonds. The molecule has 0 bridgehead atoms. The minimum Gasteiger partial charge on any atom is -0.467 e. The highest BCUT2D eigenvalue weighted by Crippen LogP contribution is 2.02. The maximum Gasteiger partial charge on any atom is 0.335 e. The fourth-order valence-corrected chi connectivity index (χ4v) is 1.15. The van der Waals surface area contributed by atoms with Crippen LogP contribution in [0.5, 0.6) is 0 Å². The molecule has 1 rings (SSSR count). The largest absolute Gasteiger partial charge is 0.467 e. The maximum atomic E-state index is 10.7. The number of methoxy groups -OCH3 is 1. The van der Waals surface area contributed by atoms with Crippen LogP contribution < -0.4 is 0 Å². The van der Waals surface area contributed by atoms with Crippen molar-refractivity contribution in [3.63, 3.8) is 0 Å². The molecular weight excluding hydrogens is 180 g/mol. The molecular formula is C6H8N2O3S. The minimum atomic E-state index is -1.14. The van der Waals surface area contributed by atoms with Crippen LogP contribution in [0.3, 0.4) is 0 Å². The molecule has 1 N–H and O–H groups in total. The number of aliphatic hydroxyl groups is 1. The van der Waals surface area contributed by atoms with Crippen LogP contribution in [0, 0.1) is 0 Å². The van der Waals surface area contributed by atoms with Gasteiger partial charge in [-0.15, -0.1) is 5.10 Å². The second-order valence-electron chi connectivity index (χ2n) is 2.14. The molecule has 66 valence electrons. The highest BCUT2D eigenvalue weighted by Gasteiger charge is 2.16. The number of aromatic nitrogens is 2. The van der Waals surface area contributed by atoms with E-state index in [1.807, 2.05) is 0 Å². The van der Waals surface area contributed by atoms with Gasteiger partial charge in [0.25, 0.3) is 0 Å². The van der Waals surface area contributed by atoms with E-state index >= 15 is 0 Å². The van der Waals surface area contributed by atoms with Crippen molar-refractivity contribution in [1.29, 1.82) is 0 Å². The normalized spacial score (nSPS) is 12.5. The molecule has 0 aliphatic carbocycles. The summed E-state index contributed by atoms with van der Waals surface area (Å²) in [7, 11) is 1.23. The number of aliphatic hydroxyl groups excluding tert-OH is 1. The van der Waals surface area contributed by atoms with Gasteiger partial charge in [0.15, 0.2) is 6.10 Å². The average Bonchev–Trinajstić information content (AvgIpc) is 2.55. The van der Waals surface area contributed by atoms with Crippen LogP contribution in [-0.4, -0.2) is 33.9 Å². The number of rotatable bonds is 3. The summed E-state index contributed by atoms with van der Waals surface area (Å²) in [5.41, 5.74) is 0.595. The fraction of sp³-hybridized carbons (Fsp3) is 0.500. The van der Waals surface area contributed by atoms with Gasteiger partial charge in [-0.05, 0) is 11.5 Å². The molecule has 0 saturated carbocycles. The van der Waals surface area contributed by atoms with Crippen LogP contribution in [0.2, 0.25) is 0 Å². The van der Waals surface area contributed by atoms with Crippen LogP contribution in [-0.2, 0) is 16.0 Å². The van der Waals surface area contributed by atoms with E-state index in [1.54, 1.807) is 5.38 Å². The van der Waals surface area contributed by atoms with E-state index in [0.29, 0.717) is 5.69 Å². The molecule has 6 heteroatoms. The molecule has 0 saturated heterocycles. The van der Waals surface area contributed by atoms with E-state index in [0.717, 1.165) is 0 Å². The van der Waals surface area contributed by atoms with Gasteiger partial charge in [-0.25, -0.2) is 4.79 Å². The lowest BCUT2D eigenvalue weighted by atomic mass is 10.2. The molecule has 1 heterocycles. The lowest BCUT2D eigenvalue weighted by Gasteiger charge is -2.04. The number of hydrogen-bond donors (Lipinski definition) is 1. The lowest BCUT2D eigenvalue weighted by molar-refractivity contribution is -0.150. The number of carbonyl (C=O) groups is 1. The summed E-state index contributed by atoms with van der Waals surface area (Å²) < 4.78 is 7.92. The Labute approximate surface area is 73.1 Å². The van der Waals surface area contributed by atoms with Gasteiger partial charge in [-0.1, -0.05) is 4.49 Å². The zero-order chi connectivity index (χ0) is 8.97.